The van der Waals surface area contributed by atoms with Crippen molar-refractivity contribution in [2.45, 2.75) is 0 Å². The van der Waals surface area contributed by atoms with E-state index in [0.29, 0.717) is 5.69 Å². The lowest BCUT2D eigenvalue weighted by atomic mass is 10.1. The second-order valence-electron chi connectivity index (χ2n) is 3.83. The van der Waals surface area contributed by atoms with E-state index in [2.05, 4.69) is 15.5 Å². The topological polar surface area (TPSA) is 128 Å². The maximum Gasteiger partial charge on any atom is 0.337 e. The molecular formula is C13H8N6O2. The molecule has 0 saturated heterocycles. The third-order valence-corrected chi connectivity index (χ3v) is 2.56. The van der Waals surface area contributed by atoms with Crippen molar-refractivity contribution in [1.82, 2.24) is 14.8 Å². The lowest BCUT2D eigenvalue weighted by Gasteiger charge is -2.09. The molecule has 8 nitrogen and oxygen atoms in total. The molecule has 0 atom stereocenters. The molecule has 21 heavy (non-hydrogen) atoms. The normalized spacial score (nSPS) is 9.24. The van der Waals surface area contributed by atoms with Crippen LogP contribution in [0.3, 0.4) is 0 Å². The molecule has 0 saturated carbocycles. The van der Waals surface area contributed by atoms with Crippen LogP contribution in [0.4, 0.5) is 5.69 Å². The molecule has 1 aromatic carbocycles. The number of aromatic carboxylic acids is 1. The summed E-state index contributed by atoms with van der Waals surface area (Å²) in [5.74, 6) is -1.13. The number of benzene rings is 1. The molecule has 0 fully saturated rings. The number of allylic oxidation sites excluding steroid dienone is 1. The van der Waals surface area contributed by atoms with Crippen molar-refractivity contribution in [2.75, 3.05) is 5.32 Å². The molecule has 2 aromatic rings. The zero-order valence-electron chi connectivity index (χ0n) is 10.6. The van der Waals surface area contributed by atoms with Crippen molar-refractivity contribution >= 4 is 11.7 Å². The number of carbonyl (C=O) groups is 1. The van der Waals surface area contributed by atoms with Crippen LogP contribution in [0.5, 0.6) is 0 Å². The molecule has 0 amide bonds. The number of anilines is 1. The molecular weight excluding hydrogens is 272 g/mol. The fraction of sp³-hybridized carbons (Fsp3) is 0. The Hall–Kier alpha value is -3.65. The summed E-state index contributed by atoms with van der Waals surface area (Å²) in [4.78, 5) is 11.2. The summed E-state index contributed by atoms with van der Waals surface area (Å²) < 4.78 is 1.59. The highest BCUT2D eigenvalue weighted by atomic mass is 16.4. The Morgan fingerprint density at radius 2 is 1.95 bits per heavy atom. The molecule has 0 bridgehead atoms. The fourth-order valence-electron chi connectivity index (χ4n) is 1.57. The zero-order valence-corrected chi connectivity index (χ0v) is 10.6. The van der Waals surface area contributed by atoms with E-state index in [-0.39, 0.29) is 16.8 Å². The smallest absolute Gasteiger partial charge is 0.337 e. The molecule has 0 spiro atoms. The Balaban J connectivity index is 2.44. The van der Waals surface area contributed by atoms with Crippen LogP contribution in [-0.2, 0) is 0 Å². The number of hydrogen-bond donors (Lipinski definition) is 2. The summed E-state index contributed by atoms with van der Waals surface area (Å²) in [7, 11) is 0. The summed E-state index contributed by atoms with van der Waals surface area (Å²) in [6.45, 7) is 0. The fourth-order valence-corrected chi connectivity index (χ4v) is 1.57. The van der Waals surface area contributed by atoms with E-state index in [4.69, 9.17) is 15.6 Å². The third-order valence-electron chi connectivity index (χ3n) is 2.56. The monoisotopic (exact) mass is 280 g/mol. The minimum Gasteiger partial charge on any atom is -0.478 e. The molecule has 102 valence electrons. The first-order chi connectivity index (χ1) is 10.2. The Morgan fingerprint density at radius 3 is 2.52 bits per heavy atom. The van der Waals surface area contributed by atoms with E-state index in [9.17, 15) is 4.79 Å². The predicted molar refractivity (Wildman–Crippen MR) is 71.3 cm³/mol. The Bertz CT molecular complexity index is 764. The Morgan fingerprint density at radius 1 is 1.29 bits per heavy atom. The second-order valence-corrected chi connectivity index (χ2v) is 3.83. The van der Waals surface area contributed by atoms with Gasteiger partial charge >= 0.3 is 5.97 Å². The summed E-state index contributed by atoms with van der Waals surface area (Å²) in [5, 5.41) is 36.5. The van der Waals surface area contributed by atoms with E-state index in [1.54, 1.807) is 28.8 Å². The van der Waals surface area contributed by atoms with Gasteiger partial charge in [0.25, 0.3) is 0 Å². The van der Waals surface area contributed by atoms with Gasteiger partial charge in [-0.2, -0.15) is 10.5 Å². The van der Waals surface area contributed by atoms with Crippen molar-refractivity contribution < 1.29 is 9.90 Å². The highest BCUT2D eigenvalue weighted by Crippen LogP contribution is 2.20. The first-order valence-electron chi connectivity index (χ1n) is 5.65. The number of aromatic nitrogens is 3. The van der Waals surface area contributed by atoms with Gasteiger partial charge in [-0.1, -0.05) is 0 Å². The lowest BCUT2D eigenvalue weighted by Crippen LogP contribution is -2.04. The van der Waals surface area contributed by atoms with Gasteiger partial charge in [-0.15, -0.1) is 10.2 Å². The van der Waals surface area contributed by atoms with Crippen molar-refractivity contribution in [1.29, 1.82) is 10.5 Å². The Labute approximate surface area is 119 Å². The van der Waals surface area contributed by atoms with Crippen LogP contribution in [0.15, 0.2) is 42.6 Å². The first-order valence-corrected chi connectivity index (χ1v) is 5.65. The van der Waals surface area contributed by atoms with Crippen molar-refractivity contribution in [3.63, 3.8) is 0 Å². The number of carboxylic acid groups (broad SMARTS) is 1. The maximum absolute atomic E-state index is 11.2. The molecule has 0 radical (unpaired) electrons. The van der Waals surface area contributed by atoms with Crippen LogP contribution in [-0.4, -0.2) is 25.8 Å². The van der Waals surface area contributed by atoms with Crippen LogP contribution in [0.25, 0.3) is 5.69 Å². The molecule has 0 aliphatic heterocycles. The number of hydrogen-bond acceptors (Lipinski definition) is 6. The minimum atomic E-state index is -1.13. The summed E-state index contributed by atoms with van der Waals surface area (Å²) in [5.41, 5.74) is 0.729. The molecule has 1 heterocycles. The number of carboxylic acids is 1. The van der Waals surface area contributed by atoms with Gasteiger partial charge < -0.3 is 10.4 Å². The van der Waals surface area contributed by atoms with Crippen molar-refractivity contribution in [3.8, 4) is 17.8 Å². The average Bonchev–Trinajstić information content (AvgIpc) is 3.02. The summed E-state index contributed by atoms with van der Waals surface area (Å²) in [6, 6.07) is 7.91. The highest BCUT2D eigenvalue weighted by molar-refractivity contribution is 5.95. The zero-order chi connectivity index (χ0) is 15.2. The Kier molecular flexibility index (Phi) is 3.93. The highest BCUT2D eigenvalue weighted by Gasteiger charge is 2.11. The lowest BCUT2D eigenvalue weighted by molar-refractivity contribution is 0.0698. The van der Waals surface area contributed by atoms with Gasteiger partial charge in [0.2, 0.25) is 0 Å². The molecule has 2 rings (SSSR count). The molecule has 2 N–H and O–H groups in total. The van der Waals surface area contributed by atoms with E-state index in [1.165, 1.54) is 18.7 Å². The van der Waals surface area contributed by atoms with E-state index in [1.807, 2.05) is 0 Å². The first kappa shape index (κ1) is 13.8. The average molecular weight is 280 g/mol. The van der Waals surface area contributed by atoms with E-state index < -0.39 is 5.97 Å². The van der Waals surface area contributed by atoms with Gasteiger partial charge in [0, 0.05) is 6.20 Å². The SMILES string of the molecule is N#CC(C#N)=CNc1cc(-n2cnnc2)ccc1C(=O)O. The summed E-state index contributed by atoms with van der Waals surface area (Å²) >= 11 is 0. The predicted octanol–water partition coefficient (Wildman–Crippen LogP) is 1.31. The molecule has 0 aliphatic rings. The molecule has 8 heteroatoms. The number of nitrogens with zero attached hydrogens (tertiary/aromatic N) is 5. The van der Waals surface area contributed by atoms with Crippen LogP contribution in [0, 0.1) is 22.7 Å². The van der Waals surface area contributed by atoms with Gasteiger partial charge in [-0.3, -0.25) is 4.57 Å². The molecule has 1 aromatic heterocycles. The minimum absolute atomic E-state index is 0.0123. The molecule has 0 unspecified atom stereocenters. The van der Waals surface area contributed by atoms with Crippen LogP contribution in [0.1, 0.15) is 10.4 Å². The molecule has 0 aliphatic carbocycles. The quantitative estimate of drug-likeness (QED) is 0.808. The standard InChI is InChI=1S/C13H8N6O2/c14-4-9(5-15)6-16-12-3-10(19-7-17-18-8-19)1-2-11(12)13(20)21/h1-3,6-8,16H,(H,20,21). The van der Waals surface area contributed by atoms with E-state index in [0.717, 1.165) is 6.20 Å². The van der Waals surface area contributed by atoms with Crippen LogP contribution >= 0.6 is 0 Å². The van der Waals surface area contributed by atoms with Crippen LogP contribution < -0.4 is 5.32 Å². The number of nitriles is 2. The van der Waals surface area contributed by atoms with E-state index >= 15 is 0 Å². The van der Waals surface area contributed by atoms with Gasteiger partial charge in [0.15, 0.2) is 0 Å². The van der Waals surface area contributed by atoms with Gasteiger partial charge in [0.1, 0.15) is 30.4 Å². The van der Waals surface area contributed by atoms with Gasteiger partial charge in [-0.25, -0.2) is 4.79 Å². The van der Waals surface area contributed by atoms with Crippen molar-refractivity contribution in [3.05, 3.63) is 48.2 Å². The third kappa shape index (κ3) is 3.03. The van der Waals surface area contributed by atoms with Gasteiger partial charge in [0.05, 0.1) is 16.9 Å². The summed E-state index contributed by atoms with van der Waals surface area (Å²) in [6.07, 6.45) is 4.08. The van der Waals surface area contributed by atoms with Gasteiger partial charge in [-0.05, 0) is 18.2 Å². The maximum atomic E-state index is 11.2. The van der Waals surface area contributed by atoms with Crippen LogP contribution in [0.2, 0.25) is 0 Å². The largest absolute Gasteiger partial charge is 0.478 e. The van der Waals surface area contributed by atoms with Crippen molar-refractivity contribution in [2.24, 2.45) is 0 Å². The number of nitrogens with one attached hydrogen (secondary N) is 1. The number of rotatable bonds is 4. The second kappa shape index (κ2) is 5.99.